The fraction of sp³-hybridized carbons (Fsp3) is 0.333. The summed E-state index contributed by atoms with van der Waals surface area (Å²) in [6.07, 6.45) is 0.766. The number of aromatic nitrogens is 1. The van der Waals surface area contributed by atoms with Crippen LogP contribution in [0.25, 0.3) is 0 Å². The van der Waals surface area contributed by atoms with E-state index in [1.54, 1.807) is 48.5 Å². The Balaban J connectivity index is 2.15. The molecule has 1 unspecified atom stereocenters. The number of nitrogens with zero attached hydrogens (tertiary/aromatic N) is 2. The minimum absolute atomic E-state index is 0.000495. The Morgan fingerprint density at radius 3 is 2.21 bits per heavy atom. The molecule has 0 spiro atoms. The van der Waals surface area contributed by atoms with Gasteiger partial charge in [-0.1, -0.05) is 26.0 Å². The van der Waals surface area contributed by atoms with Crippen LogP contribution < -0.4 is 31.2 Å². The van der Waals surface area contributed by atoms with E-state index in [-0.39, 0.29) is 22.2 Å². The zero-order chi connectivity index (χ0) is 27.8. The van der Waals surface area contributed by atoms with Gasteiger partial charge in [0.1, 0.15) is 22.4 Å². The van der Waals surface area contributed by atoms with Gasteiger partial charge < -0.3 is 26.3 Å². The van der Waals surface area contributed by atoms with E-state index in [4.69, 9.17) is 20.9 Å². The largest absolute Gasteiger partial charge is 0.497 e. The lowest BCUT2D eigenvalue weighted by atomic mass is 10.0. The molecule has 3 aromatic rings. The van der Waals surface area contributed by atoms with Crippen LogP contribution in [0.5, 0.6) is 11.5 Å². The number of anilines is 2. The molecule has 0 aliphatic rings. The number of nitrogens with two attached hydrogens (primary N) is 2. The van der Waals surface area contributed by atoms with Gasteiger partial charge in [0.2, 0.25) is 5.91 Å². The van der Waals surface area contributed by atoms with Crippen LogP contribution >= 0.6 is 11.5 Å². The first-order chi connectivity index (χ1) is 18.2. The van der Waals surface area contributed by atoms with Gasteiger partial charge in [-0.05, 0) is 72.8 Å². The molecule has 1 heterocycles. The molecular weight excluding hydrogens is 506 g/mol. The number of nitrogens with one attached hydrogen (secondary N) is 1. The molecular formula is C27H33N5O5S. The van der Waals surface area contributed by atoms with E-state index in [2.05, 4.69) is 23.5 Å². The highest BCUT2D eigenvalue weighted by atomic mass is 32.1. The number of ether oxygens (including phenoxy) is 2. The zero-order valence-electron chi connectivity index (χ0n) is 21.9. The molecule has 202 valence electrons. The monoisotopic (exact) mass is 539 g/mol. The van der Waals surface area contributed by atoms with Gasteiger partial charge in [0.15, 0.2) is 5.69 Å². The Morgan fingerprint density at radius 2 is 1.68 bits per heavy atom. The summed E-state index contributed by atoms with van der Waals surface area (Å²) in [6.45, 7) is 6.92. The van der Waals surface area contributed by atoms with E-state index in [0.717, 1.165) is 18.0 Å². The molecule has 3 rings (SSSR count). The third-order valence-electron chi connectivity index (χ3n) is 5.76. The molecule has 0 aliphatic heterocycles. The average Bonchev–Trinajstić information content (AvgIpc) is 3.29. The van der Waals surface area contributed by atoms with Crippen LogP contribution in [-0.4, -0.2) is 42.4 Å². The van der Waals surface area contributed by atoms with Crippen molar-refractivity contribution in [2.45, 2.75) is 33.2 Å². The van der Waals surface area contributed by atoms with Crippen molar-refractivity contribution >= 4 is 40.6 Å². The van der Waals surface area contributed by atoms with Gasteiger partial charge in [-0.2, -0.15) is 4.37 Å². The van der Waals surface area contributed by atoms with Crippen LogP contribution in [0, 0.1) is 5.92 Å². The maximum Gasteiger partial charge on any atom is 0.273 e. The molecule has 3 amide bonds. The molecule has 5 N–H and O–H groups in total. The summed E-state index contributed by atoms with van der Waals surface area (Å²) in [5.74, 6) is -0.234. The van der Waals surface area contributed by atoms with E-state index < -0.39 is 17.9 Å². The summed E-state index contributed by atoms with van der Waals surface area (Å²) in [5.41, 5.74) is 12.1. The van der Waals surface area contributed by atoms with Crippen LogP contribution in [0.2, 0.25) is 0 Å². The molecule has 0 saturated heterocycles. The van der Waals surface area contributed by atoms with Crippen LogP contribution in [0.15, 0.2) is 48.5 Å². The number of hydrogen-bond donors (Lipinski definition) is 3. The number of methoxy groups -OCH3 is 1. The first-order valence-electron chi connectivity index (χ1n) is 12.2. The third kappa shape index (κ3) is 6.60. The maximum absolute atomic E-state index is 14.1. The van der Waals surface area contributed by atoms with E-state index >= 15 is 0 Å². The molecule has 1 atom stereocenters. The van der Waals surface area contributed by atoms with Gasteiger partial charge in [0.25, 0.3) is 11.8 Å². The highest BCUT2D eigenvalue weighted by Gasteiger charge is 2.36. The van der Waals surface area contributed by atoms with Crippen molar-refractivity contribution in [1.82, 2.24) is 9.69 Å². The first-order valence-corrected chi connectivity index (χ1v) is 13.0. The van der Waals surface area contributed by atoms with Gasteiger partial charge >= 0.3 is 0 Å². The highest BCUT2D eigenvalue weighted by Crippen LogP contribution is 2.34. The fourth-order valence-corrected chi connectivity index (χ4v) is 4.52. The summed E-state index contributed by atoms with van der Waals surface area (Å²) in [4.78, 5) is 40.9. The standard InChI is InChI=1S/C27H33N5O5S/c1-5-37-20-10-6-17(7-11-20)23(26(34)30-15-14-16(2)3)32(18-8-12-19(36-4)13-9-18)27(35)24-21(28)22(25(29)33)31-38-24/h6-13,16,23H,5,14-15,28H2,1-4H3,(H2,29,33)(H,30,34). The predicted octanol–water partition coefficient (Wildman–Crippen LogP) is 3.78. The van der Waals surface area contributed by atoms with Crippen LogP contribution in [0.1, 0.15) is 59.0 Å². The Bertz CT molecular complexity index is 1260. The quantitative estimate of drug-likeness (QED) is 0.317. The molecule has 0 aliphatic carbocycles. The minimum atomic E-state index is -1.07. The van der Waals surface area contributed by atoms with Gasteiger partial charge in [-0.25, -0.2) is 0 Å². The Morgan fingerprint density at radius 1 is 1.05 bits per heavy atom. The average molecular weight is 540 g/mol. The molecule has 0 bridgehead atoms. The number of rotatable bonds is 12. The van der Waals surface area contributed by atoms with Gasteiger partial charge in [-0.15, -0.1) is 0 Å². The van der Waals surface area contributed by atoms with Gasteiger partial charge in [0.05, 0.1) is 19.4 Å². The summed E-state index contributed by atoms with van der Waals surface area (Å²) in [7, 11) is 1.53. The number of primary amides is 1. The van der Waals surface area contributed by atoms with E-state index in [1.807, 2.05) is 6.92 Å². The molecule has 38 heavy (non-hydrogen) atoms. The molecule has 0 saturated carbocycles. The summed E-state index contributed by atoms with van der Waals surface area (Å²) < 4.78 is 14.8. The van der Waals surface area contributed by atoms with Gasteiger partial charge in [0, 0.05) is 12.2 Å². The smallest absolute Gasteiger partial charge is 0.273 e. The second-order valence-electron chi connectivity index (χ2n) is 8.89. The van der Waals surface area contributed by atoms with Crippen molar-refractivity contribution in [3.05, 3.63) is 64.7 Å². The number of nitrogen functional groups attached to an aromatic ring is 1. The Hall–Kier alpha value is -4.12. The number of hydrogen-bond acceptors (Lipinski definition) is 8. The van der Waals surface area contributed by atoms with Crippen LogP contribution in [0.3, 0.4) is 0 Å². The third-order valence-corrected chi connectivity index (χ3v) is 6.61. The summed E-state index contributed by atoms with van der Waals surface area (Å²) in [6, 6.07) is 12.6. The predicted molar refractivity (Wildman–Crippen MR) is 148 cm³/mol. The van der Waals surface area contributed by atoms with Crippen molar-refractivity contribution in [2.75, 3.05) is 30.9 Å². The van der Waals surface area contributed by atoms with Crippen LogP contribution in [-0.2, 0) is 4.79 Å². The number of amides is 3. The van der Waals surface area contributed by atoms with Crippen molar-refractivity contribution in [3.63, 3.8) is 0 Å². The van der Waals surface area contributed by atoms with E-state index in [0.29, 0.717) is 41.8 Å². The number of carbonyl (C=O) groups is 3. The molecule has 2 aromatic carbocycles. The molecule has 0 radical (unpaired) electrons. The van der Waals surface area contributed by atoms with Crippen LogP contribution in [0.4, 0.5) is 11.4 Å². The Kier molecular flexibility index (Phi) is 9.66. The van der Waals surface area contributed by atoms with Crippen molar-refractivity contribution < 1.29 is 23.9 Å². The summed E-state index contributed by atoms with van der Waals surface area (Å²) in [5, 5.41) is 2.96. The topological polar surface area (TPSA) is 150 Å². The van der Waals surface area contributed by atoms with Crippen molar-refractivity contribution in [1.29, 1.82) is 0 Å². The lowest BCUT2D eigenvalue weighted by Crippen LogP contribution is -2.44. The Labute approximate surface area is 226 Å². The highest BCUT2D eigenvalue weighted by molar-refractivity contribution is 7.09. The molecule has 10 nitrogen and oxygen atoms in total. The minimum Gasteiger partial charge on any atom is -0.497 e. The van der Waals surface area contributed by atoms with E-state index in [1.165, 1.54) is 12.0 Å². The lowest BCUT2D eigenvalue weighted by molar-refractivity contribution is -0.122. The lowest BCUT2D eigenvalue weighted by Gasteiger charge is -2.31. The maximum atomic E-state index is 14.1. The van der Waals surface area contributed by atoms with Crippen molar-refractivity contribution in [3.8, 4) is 11.5 Å². The summed E-state index contributed by atoms with van der Waals surface area (Å²) >= 11 is 0.755. The SMILES string of the molecule is CCOc1ccc(C(C(=O)NCCC(C)C)N(C(=O)c2snc(C(N)=O)c2N)c2ccc(OC)cc2)cc1. The molecule has 0 fully saturated rings. The van der Waals surface area contributed by atoms with Crippen molar-refractivity contribution in [2.24, 2.45) is 11.7 Å². The second kappa shape index (κ2) is 12.9. The van der Waals surface area contributed by atoms with Gasteiger partial charge in [-0.3, -0.25) is 19.3 Å². The number of carbonyl (C=O) groups excluding carboxylic acids is 3. The molecule has 1 aromatic heterocycles. The van der Waals surface area contributed by atoms with E-state index in [9.17, 15) is 14.4 Å². The zero-order valence-corrected chi connectivity index (χ0v) is 22.7. The first kappa shape index (κ1) is 28.5. The number of benzene rings is 2. The second-order valence-corrected chi connectivity index (χ2v) is 9.66. The fourth-order valence-electron chi connectivity index (χ4n) is 3.78. The normalized spacial score (nSPS) is 11.6. The molecule has 11 heteroatoms.